The highest BCUT2D eigenvalue weighted by atomic mass is 35.5. The Bertz CT molecular complexity index is 1510. The molecule has 41 heavy (non-hydrogen) atoms. The van der Waals surface area contributed by atoms with Crippen LogP contribution in [0.1, 0.15) is 23.1 Å². The van der Waals surface area contributed by atoms with Crippen LogP contribution >= 0.6 is 23.2 Å². The van der Waals surface area contributed by atoms with Gasteiger partial charge >= 0.3 is 5.97 Å². The van der Waals surface area contributed by atoms with Crippen LogP contribution in [-0.4, -0.2) is 60.0 Å². The van der Waals surface area contributed by atoms with Crippen LogP contribution in [0, 0.1) is 5.92 Å². The third-order valence-electron chi connectivity index (χ3n) is 8.94. The average molecular weight is 596 g/mol. The fourth-order valence-electron chi connectivity index (χ4n) is 7.10. The summed E-state index contributed by atoms with van der Waals surface area (Å²) in [5.74, 6) is 1.20. The van der Waals surface area contributed by atoms with E-state index in [-0.39, 0.29) is 17.9 Å². The van der Waals surface area contributed by atoms with Gasteiger partial charge in [0.1, 0.15) is 12.2 Å². The minimum Gasteiger partial charge on any atom is -0.493 e. The maximum absolute atomic E-state index is 10.8. The summed E-state index contributed by atoms with van der Waals surface area (Å²) < 4.78 is 11.8. The largest absolute Gasteiger partial charge is 0.493 e. The number of nitrogens with zero attached hydrogens (tertiary/aromatic N) is 1. The number of hydrogen-bond acceptors (Lipinski definition) is 6. The second kappa shape index (κ2) is 10.9. The number of halogens is 2. The first kappa shape index (κ1) is 27.9. The van der Waals surface area contributed by atoms with Crippen molar-refractivity contribution in [2.45, 2.75) is 42.9 Å². The van der Waals surface area contributed by atoms with E-state index in [1.807, 2.05) is 18.2 Å². The smallest absolute Gasteiger partial charge is 0.307 e. The molecule has 214 valence electrons. The number of aliphatic carboxylic acids is 1. The molecule has 9 heteroatoms. The molecule has 4 aliphatic rings. The van der Waals surface area contributed by atoms with E-state index in [2.05, 4.69) is 29.4 Å². The fourth-order valence-corrected chi connectivity index (χ4v) is 7.59. The van der Waals surface area contributed by atoms with Crippen molar-refractivity contribution in [3.8, 4) is 11.5 Å². The molecular weight excluding hydrogens is 563 g/mol. The molecule has 2 aliphatic heterocycles. The Balaban J connectivity index is 0.000000150. The van der Waals surface area contributed by atoms with Gasteiger partial charge in [0, 0.05) is 28.6 Å². The minimum absolute atomic E-state index is 0.0642. The summed E-state index contributed by atoms with van der Waals surface area (Å²) in [4.78, 5) is 13.3. The fraction of sp³-hybridized carbons (Fsp3) is 0.344. The van der Waals surface area contributed by atoms with Crippen molar-refractivity contribution in [3.63, 3.8) is 0 Å². The molecule has 7 nitrogen and oxygen atoms in total. The van der Waals surface area contributed by atoms with Crippen LogP contribution < -0.4 is 14.8 Å². The summed E-state index contributed by atoms with van der Waals surface area (Å²) in [6.45, 7) is 1.05. The molecule has 1 spiro atoms. The van der Waals surface area contributed by atoms with Crippen molar-refractivity contribution >= 4 is 40.5 Å². The van der Waals surface area contributed by atoms with Gasteiger partial charge in [0.2, 0.25) is 0 Å². The lowest BCUT2D eigenvalue weighted by Gasteiger charge is -2.56. The second-order valence-corrected chi connectivity index (χ2v) is 11.9. The Labute approximate surface area is 249 Å². The molecule has 0 unspecified atom stereocenters. The van der Waals surface area contributed by atoms with Crippen molar-refractivity contribution < 1.29 is 24.5 Å². The van der Waals surface area contributed by atoms with E-state index in [0.29, 0.717) is 38.9 Å². The highest BCUT2D eigenvalue weighted by Gasteiger charge is 2.64. The van der Waals surface area contributed by atoms with Crippen LogP contribution in [0.4, 0.5) is 11.4 Å². The molecule has 3 aromatic carbocycles. The first-order valence-electron chi connectivity index (χ1n) is 13.7. The number of ether oxygens (including phenoxy) is 2. The van der Waals surface area contributed by atoms with Crippen LogP contribution in [0.2, 0.25) is 10.0 Å². The number of anilines is 2. The van der Waals surface area contributed by atoms with E-state index >= 15 is 0 Å². The molecule has 3 N–H and O–H groups in total. The third-order valence-corrected chi connectivity index (χ3v) is 9.57. The SMILES string of the molecule is COc1ccc2c3c1O[C@H]1[C@@H](O)C=C[C@H]4[C@@H](C2)N(C)CC[C@@]341.O=C(O)Cc1ccccc1Nc1c(Cl)cccc1Cl. The van der Waals surface area contributed by atoms with E-state index in [0.717, 1.165) is 30.9 Å². The Morgan fingerprint density at radius 1 is 1.12 bits per heavy atom. The lowest BCUT2D eigenvalue weighted by Crippen LogP contribution is -2.64. The molecule has 1 saturated heterocycles. The number of methoxy groups -OCH3 is 1. The zero-order chi connectivity index (χ0) is 28.9. The monoisotopic (exact) mass is 594 g/mol. The van der Waals surface area contributed by atoms with E-state index < -0.39 is 12.1 Å². The van der Waals surface area contributed by atoms with Gasteiger partial charge in [0.25, 0.3) is 0 Å². The van der Waals surface area contributed by atoms with Gasteiger partial charge in [-0.25, -0.2) is 0 Å². The van der Waals surface area contributed by atoms with Crippen molar-refractivity contribution in [2.75, 3.05) is 26.0 Å². The topological polar surface area (TPSA) is 91.3 Å². The summed E-state index contributed by atoms with van der Waals surface area (Å²) in [6, 6.07) is 17.0. The molecule has 0 aromatic heterocycles. The molecule has 2 heterocycles. The van der Waals surface area contributed by atoms with Crippen LogP contribution in [0.5, 0.6) is 11.5 Å². The molecule has 3 aromatic rings. The van der Waals surface area contributed by atoms with Crippen molar-refractivity contribution in [3.05, 3.63) is 93.5 Å². The molecule has 7 rings (SSSR count). The number of hydrogen-bond donors (Lipinski definition) is 3. The second-order valence-electron chi connectivity index (χ2n) is 11.1. The Kier molecular flexibility index (Phi) is 7.41. The average Bonchev–Trinajstić information content (AvgIpc) is 3.30. The van der Waals surface area contributed by atoms with Gasteiger partial charge in [0.15, 0.2) is 11.5 Å². The normalized spacial score (nSPS) is 26.8. The maximum atomic E-state index is 10.8. The number of piperidine rings is 1. The predicted molar refractivity (Wildman–Crippen MR) is 160 cm³/mol. The standard InChI is InChI=1S/C18H21NO3.C14H11Cl2NO2/c1-19-8-7-18-11-4-5-13(20)17(18)22-16-14(21-2)6-3-10(15(16)18)9-12(11)19;15-10-5-3-6-11(16)14(10)17-12-7-2-1-4-9(12)8-13(18)19/h3-6,11-13,17,20H,7-9H2,1-2H3;1-7,17H,8H2,(H,18,19)/t11-,12+,13-,17-,18-;/m0./s1. The van der Waals surface area contributed by atoms with Gasteiger partial charge in [-0.3, -0.25) is 4.79 Å². The third kappa shape index (κ3) is 4.65. The van der Waals surface area contributed by atoms with Gasteiger partial charge in [0.05, 0.1) is 29.3 Å². The number of para-hydroxylation sites is 2. The van der Waals surface area contributed by atoms with Crippen molar-refractivity contribution in [1.29, 1.82) is 0 Å². The quantitative estimate of drug-likeness (QED) is 0.318. The molecule has 2 aliphatic carbocycles. The molecule has 5 atom stereocenters. The zero-order valence-electron chi connectivity index (χ0n) is 22.8. The summed E-state index contributed by atoms with van der Waals surface area (Å²) in [5, 5.41) is 23.5. The first-order valence-corrected chi connectivity index (χ1v) is 14.4. The van der Waals surface area contributed by atoms with E-state index in [1.165, 1.54) is 11.1 Å². The molecular formula is C32H32Cl2N2O5. The number of likely N-dealkylation sites (tertiary alicyclic amines) is 1. The lowest BCUT2D eigenvalue weighted by atomic mass is 9.53. The number of carbonyl (C=O) groups is 1. The highest BCUT2D eigenvalue weighted by molar-refractivity contribution is 6.39. The number of carboxylic acid groups (broad SMARTS) is 1. The number of carboxylic acids is 1. The molecule has 0 saturated carbocycles. The van der Waals surface area contributed by atoms with Crippen LogP contribution in [0.25, 0.3) is 0 Å². The van der Waals surface area contributed by atoms with Crippen molar-refractivity contribution in [2.24, 2.45) is 5.92 Å². The number of aliphatic hydroxyl groups is 1. The maximum Gasteiger partial charge on any atom is 0.307 e. The molecule has 0 radical (unpaired) electrons. The van der Waals surface area contributed by atoms with Gasteiger partial charge < -0.3 is 29.9 Å². The molecule has 1 fully saturated rings. The van der Waals surface area contributed by atoms with Gasteiger partial charge in [-0.05, 0) is 61.8 Å². The van der Waals surface area contributed by atoms with Crippen LogP contribution in [-0.2, 0) is 23.1 Å². The number of nitrogens with one attached hydrogen (secondary N) is 1. The van der Waals surface area contributed by atoms with Gasteiger partial charge in [-0.15, -0.1) is 0 Å². The Morgan fingerprint density at radius 3 is 2.61 bits per heavy atom. The van der Waals surface area contributed by atoms with E-state index in [1.54, 1.807) is 43.5 Å². The van der Waals surface area contributed by atoms with Crippen LogP contribution in [0.15, 0.2) is 66.7 Å². The minimum atomic E-state index is -0.889. The molecule has 2 bridgehead atoms. The summed E-state index contributed by atoms with van der Waals surface area (Å²) in [5.41, 5.74) is 4.53. The van der Waals surface area contributed by atoms with E-state index in [4.69, 9.17) is 37.8 Å². The highest BCUT2D eigenvalue weighted by Crippen LogP contribution is 2.62. The summed E-state index contributed by atoms with van der Waals surface area (Å²) >= 11 is 12.1. The predicted octanol–water partition coefficient (Wildman–Crippen LogP) is 5.87. The lowest BCUT2D eigenvalue weighted by molar-refractivity contribution is -0.136. The zero-order valence-corrected chi connectivity index (χ0v) is 24.3. The van der Waals surface area contributed by atoms with E-state index in [9.17, 15) is 9.90 Å². The number of aliphatic hydroxyl groups excluding tert-OH is 1. The Hall–Kier alpha value is -3.23. The summed E-state index contributed by atoms with van der Waals surface area (Å²) in [6.07, 6.45) is 5.47. The van der Waals surface area contributed by atoms with Crippen molar-refractivity contribution in [1.82, 2.24) is 4.90 Å². The van der Waals surface area contributed by atoms with Crippen LogP contribution in [0.3, 0.4) is 0 Å². The number of rotatable bonds is 5. The number of likely N-dealkylation sites (N-methyl/N-ethyl adjacent to an activating group) is 1. The first-order chi connectivity index (χ1) is 19.7. The number of benzene rings is 3. The van der Waals surface area contributed by atoms with Gasteiger partial charge in [-0.2, -0.15) is 0 Å². The molecule has 0 amide bonds. The summed E-state index contributed by atoms with van der Waals surface area (Å²) in [7, 11) is 3.91. The van der Waals surface area contributed by atoms with Gasteiger partial charge in [-0.1, -0.05) is 65.7 Å². The Morgan fingerprint density at radius 2 is 1.88 bits per heavy atom.